The highest BCUT2D eigenvalue weighted by Crippen LogP contribution is 2.40. The smallest absolute Gasteiger partial charge is 0.372 e. The van der Waals surface area contributed by atoms with Crippen LogP contribution in [0, 0.1) is 0 Å². The number of hydrogen-bond donors (Lipinski definition) is 0. The maximum Gasteiger partial charge on any atom is 0.372 e. The highest BCUT2D eigenvalue weighted by molar-refractivity contribution is 6.08. The van der Waals surface area contributed by atoms with E-state index >= 15 is 0 Å². The van der Waals surface area contributed by atoms with E-state index in [2.05, 4.69) is 9.47 Å². The van der Waals surface area contributed by atoms with Crippen LogP contribution in [0.15, 0.2) is 11.5 Å². The van der Waals surface area contributed by atoms with E-state index in [0.29, 0.717) is 0 Å². The molecule has 0 unspecified atom stereocenters. The summed E-state index contributed by atoms with van der Waals surface area (Å²) >= 11 is 0. The lowest BCUT2D eigenvalue weighted by atomic mass is 9.98. The van der Waals surface area contributed by atoms with Crippen molar-refractivity contribution in [3.63, 3.8) is 0 Å². The van der Waals surface area contributed by atoms with Gasteiger partial charge in [-0.2, -0.15) is 8.78 Å². The Bertz CT molecular complexity index is 232. The second-order valence-corrected chi connectivity index (χ2v) is 1.97. The van der Waals surface area contributed by atoms with Crippen molar-refractivity contribution in [2.45, 2.75) is 5.92 Å². The zero-order valence-electron chi connectivity index (χ0n) is 5.98. The molecule has 62 valence electrons. The van der Waals surface area contributed by atoms with Crippen LogP contribution in [0.3, 0.4) is 0 Å². The summed E-state index contributed by atoms with van der Waals surface area (Å²) in [4.78, 5) is 10.5. The monoisotopic (exact) mass is 164 g/mol. The molecule has 0 aliphatic heterocycles. The van der Waals surface area contributed by atoms with Crippen LogP contribution in [0.25, 0.3) is 0 Å². The summed E-state index contributed by atoms with van der Waals surface area (Å²) in [5.74, 6) is -5.89. The van der Waals surface area contributed by atoms with E-state index in [1.807, 2.05) is 0 Å². The lowest BCUT2D eigenvalue weighted by molar-refractivity contribution is -0.152. The fourth-order valence-electron chi connectivity index (χ4n) is 0.835. The molecule has 0 N–H and O–H groups in total. The number of halogens is 2. The average molecular weight is 164 g/mol. The van der Waals surface area contributed by atoms with Gasteiger partial charge in [-0.25, -0.2) is 0 Å². The van der Waals surface area contributed by atoms with E-state index in [4.69, 9.17) is 0 Å². The first-order chi connectivity index (χ1) is 5.05. The molecular weight excluding hydrogens is 158 g/mol. The number of ether oxygens (including phenoxy) is 2. The second-order valence-electron chi connectivity index (χ2n) is 1.97. The number of carbonyl (C=O) groups is 1. The quantitative estimate of drug-likeness (QED) is 0.602. The molecule has 1 aliphatic rings. The molecule has 0 aromatic heterocycles. The molecule has 1 rings (SSSR count). The van der Waals surface area contributed by atoms with Gasteiger partial charge in [-0.15, -0.1) is 0 Å². The van der Waals surface area contributed by atoms with Gasteiger partial charge in [0, 0.05) is 0 Å². The number of hydrogen-bond acceptors (Lipinski definition) is 3. The molecule has 0 heterocycles. The SMILES string of the molecule is COC1=C(OC)C(F)(F)C1=O. The third kappa shape index (κ3) is 0.800. The molecule has 0 atom stereocenters. The molecule has 0 aromatic rings. The predicted octanol–water partition coefficient (Wildman–Crippen LogP) is 0.709. The van der Waals surface area contributed by atoms with Crippen molar-refractivity contribution < 1.29 is 23.0 Å². The summed E-state index contributed by atoms with van der Waals surface area (Å²) in [6.07, 6.45) is 0. The van der Waals surface area contributed by atoms with Crippen molar-refractivity contribution in [1.29, 1.82) is 0 Å². The van der Waals surface area contributed by atoms with Gasteiger partial charge >= 0.3 is 5.92 Å². The molecule has 0 fully saturated rings. The van der Waals surface area contributed by atoms with Crippen molar-refractivity contribution in [1.82, 2.24) is 0 Å². The van der Waals surface area contributed by atoms with Crippen molar-refractivity contribution in [2.24, 2.45) is 0 Å². The van der Waals surface area contributed by atoms with Gasteiger partial charge in [-0.05, 0) is 0 Å². The number of methoxy groups -OCH3 is 2. The van der Waals surface area contributed by atoms with Gasteiger partial charge in [-0.3, -0.25) is 4.79 Å². The lowest BCUT2D eigenvalue weighted by Crippen LogP contribution is -2.44. The highest BCUT2D eigenvalue weighted by atomic mass is 19.3. The molecule has 11 heavy (non-hydrogen) atoms. The maximum absolute atomic E-state index is 12.4. The van der Waals surface area contributed by atoms with Gasteiger partial charge in [0.2, 0.25) is 11.5 Å². The Morgan fingerprint density at radius 3 is 2.09 bits per heavy atom. The molecule has 0 amide bonds. The molecule has 0 aromatic carbocycles. The first-order valence-electron chi connectivity index (χ1n) is 2.81. The predicted molar refractivity (Wildman–Crippen MR) is 31.0 cm³/mol. The average Bonchev–Trinajstić information content (AvgIpc) is 1.98. The summed E-state index contributed by atoms with van der Waals surface area (Å²) in [6.45, 7) is 0. The summed E-state index contributed by atoms with van der Waals surface area (Å²) in [6, 6.07) is 0. The molecular formula is C6H6F2O3. The third-order valence-corrected chi connectivity index (χ3v) is 1.39. The number of allylic oxidation sites excluding steroid dienone is 2. The Morgan fingerprint density at radius 2 is 1.82 bits per heavy atom. The molecule has 0 spiro atoms. The van der Waals surface area contributed by atoms with Gasteiger partial charge in [0.05, 0.1) is 14.2 Å². The molecule has 3 nitrogen and oxygen atoms in total. The second kappa shape index (κ2) is 2.18. The topological polar surface area (TPSA) is 35.5 Å². The molecule has 0 radical (unpaired) electrons. The van der Waals surface area contributed by atoms with E-state index in [1.165, 1.54) is 0 Å². The van der Waals surface area contributed by atoms with Crippen LogP contribution < -0.4 is 0 Å². The number of carbonyl (C=O) groups excluding carboxylic acids is 1. The Morgan fingerprint density at radius 1 is 1.27 bits per heavy atom. The zero-order chi connectivity index (χ0) is 8.65. The first-order valence-corrected chi connectivity index (χ1v) is 2.81. The Labute approximate surface area is 61.6 Å². The van der Waals surface area contributed by atoms with Crippen LogP contribution >= 0.6 is 0 Å². The number of ketones is 1. The minimum atomic E-state index is -3.49. The van der Waals surface area contributed by atoms with Crippen LogP contribution in [0.5, 0.6) is 0 Å². The van der Waals surface area contributed by atoms with E-state index in [9.17, 15) is 13.6 Å². The lowest BCUT2D eigenvalue weighted by Gasteiger charge is -2.27. The van der Waals surface area contributed by atoms with Crippen LogP contribution in [-0.4, -0.2) is 25.9 Å². The van der Waals surface area contributed by atoms with Gasteiger partial charge in [0.1, 0.15) is 0 Å². The summed E-state index contributed by atoms with van der Waals surface area (Å²) in [7, 11) is 2.20. The fraction of sp³-hybridized carbons (Fsp3) is 0.500. The number of Topliss-reactive ketones (excluding diaryl/α,β-unsaturated/α-hetero) is 1. The minimum absolute atomic E-state index is 0.391. The number of alkyl halides is 2. The summed E-state index contributed by atoms with van der Waals surface area (Å²) < 4.78 is 33.5. The Kier molecular flexibility index (Phi) is 1.58. The van der Waals surface area contributed by atoms with Gasteiger partial charge in [-0.1, -0.05) is 0 Å². The standard InChI is InChI=1S/C6H6F2O3/c1-10-3-4(9)6(7,8)5(3)11-2/h1-2H3. The molecule has 1 aliphatic carbocycles. The fourth-order valence-corrected chi connectivity index (χ4v) is 0.835. The van der Waals surface area contributed by atoms with E-state index in [1.54, 1.807) is 0 Å². The van der Waals surface area contributed by atoms with Crippen LogP contribution in [0.1, 0.15) is 0 Å². The Hall–Kier alpha value is -1.13. The maximum atomic E-state index is 12.4. The third-order valence-electron chi connectivity index (χ3n) is 1.39. The van der Waals surface area contributed by atoms with Crippen molar-refractivity contribution in [2.75, 3.05) is 14.2 Å². The van der Waals surface area contributed by atoms with Crippen LogP contribution in [0.2, 0.25) is 0 Å². The molecule has 0 saturated carbocycles. The summed E-state index contributed by atoms with van der Waals surface area (Å²) in [5, 5.41) is 0. The Balaban J connectivity index is 3.00. The van der Waals surface area contributed by atoms with Gasteiger partial charge in [0.15, 0.2) is 0 Å². The van der Waals surface area contributed by atoms with Crippen molar-refractivity contribution in [3.05, 3.63) is 11.5 Å². The molecule has 5 heteroatoms. The van der Waals surface area contributed by atoms with Gasteiger partial charge < -0.3 is 9.47 Å². The van der Waals surface area contributed by atoms with Crippen LogP contribution in [-0.2, 0) is 14.3 Å². The van der Waals surface area contributed by atoms with Crippen LogP contribution in [0.4, 0.5) is 8.78 Å². The van der Waals surface area contributed by atoms with Crippen molar-refractivity contribution >= 4 is 5.78 Å². The first kappa shape index (κ1) is 7.97. The highest BCUT2D eigenvalue weighted by Gasteiger charge is 2.59. The zero-order valence-corrected chi connectivity index (χ0v) is 5.98. The van der Waals surface area contributed by atoms with Crippen molar-refractivity contribution in [3.8, 4) is 0 Å². The van der Waals surface area contributed by atoms with E-state index in [-0.39, 0.29) is 0 Å². The number of rotatable bonds is 2. The molecule has 0 saturated heterocycles. The molecule has 0 bridgehead atoms. The van der Waals surface area contributed by atoms with E-state index in [0.717, 1.165) is 14.2 Å². The largest absolute Gasteiger partial charge is 0.491 e. The van der Waals surface area contributed by atoms with E-state index < -0.39 is 23.2 Å². The summed E-state index contributed by atoms with van der Waals surface area (Å²) in [5.41, 5.74) is 0. The van der Waals surface area contributed by atoms with Gasteiger partial charge in [0.25, 0.3) is 5.78 Å². The normalized spacial score (nSPS) is 21.3. The minimum Gasteiger partial charge on any atom is -0.491 e.